The van der Waals surface area contributed by atoms with Crippen LogP contribution in [0.25, 0.3) is 0 Å². The molecular weight excluding hydrogens is 460 g/mol. The molecule has 1 aliphatic heterocycles. The van der Waals surface area contributed by atoms with Gasteiger partial charge in [0.2, 0.25) is 5.91 Å². The summed E-state index contributed by atoms with van der Waals surface area (Å²) in [6.45, 7) is 0.0155. The van der Waals surface area contributed by atoms with Crippen LogP contribution in [0.1, 0.15) is 19.3 Å². The number of hydrogen-bond acceptors (Lipinski definition) is 11. The Balaban J connectivity index is 2.21. The van der Waals surface area contributed by atoms with E-state index in [9.17, 15) is 29.7 Å². The Morgan fingerprint density at radius 2 is 1.94 bits per heavy atom. The lowest BCUT2D eigenvalue weighted by Gasteiger charge is -2.35. The molecule has 0 saturated carbocycles. The molecule has 12 nitrogen and oxygen atoms in total. The van der Waals surface area contributed by atoms with Gasteiger partial charge in [0.15, 0.2) is 12.1 Å². The van der Waals surface area contributed by atoms with Gasteiger partial charge in [-0.1, -0.05) is 0 Å². The van der Waals surface area contributed by atoms with Gasteiger partial charge in [-0.25, -0.2) is 0 Å². The number of carbonyl (C=O) groups is 3. The van der Waals surface area contributed by atoms with E-state index in [1.165, 1.54) is 11.8 Å². The number of aliphatic hydroxyl groups excluding tert-OH is 3. The smallest absolute Gasteiger partial charge is 0.307 e. The highest BCUT2D eigenvalue weighted by Crippen LogP contribution is 2.21. The molecular formula is C20H36N2O10S. The van der Waals surface area contributed by atoms with Crippen molar-refractivity contribution >= 4 is 29.4 Å². The van der Waals surface area contributed by atoms with Gasteiger partial charge in [-0.3, -0.25) is 14.4 Å². The van der Waals surface area contributed by atoms with Gasteiger partial charge in [-0.2, -0.15) is 11.8 Å². The molecule has 0 bridgehead atoms. The van der Waals surface area contributed by atoms with E-state index in [2.05, 4.69) is 10.6 Å². The molecule has 1 saturated heterocycles. The normalized spacial score (nSPS) is 24.8. The fourth-order valence-electron chi connectivity index (χ4n) is 3.16. The second-order valence-corrected chi connectivity index (χ2v) is 8.53. The van der Waals surface area contributed by atoms with Gasteiger partial charge >= 0.3 is 5.97 Å². The number of carboxylic acids is 1. The van der Waals surface area contributed by atoms with Crippen molar-refractivity contribution < 1.29 is 49.0 Å². The Kier molecular flexibility index (Phi) is 14.7. The minimum atomic E-state index is -1.17. The third-order valence-corrected chi connectivity index (χ3v) is 5.86. The van der Waals surface area contributed by atoms with Gasteiger partial charge in [0, 0.05) is 31.6 Å². The van der Waals surface area contributed by atoms with Gasteiger partial charge in [-0.15, -0.1) is 0 Å². The average molecular weight is 497 g/mol. The molecule has 33 heavy (non-hydrogen) atoms. The van der Waals surface area contributed by atoms with Crippen LogP contribution in [0.3, 0.4) is 0 Å². The van der Waals surface area contributed by atoms with Gasteiger partial charge in [0.05, 0.1) is 44.5 Å². The standard InChI is InChI=1S/C20H36N2O10S/c1-21-13(14(24)7-12(11-33-2)20(28)29)9-22-17(26)3-4-30-5-6-31-18-8-15(25)19(27)16(10-23)32-18/h12-13,15-16,18-19,21,23,25,27H,3-11H2,1-2H3,(H,22,26)(H,28,29)/t12-,13+,15-,16?,18?,19?/m1/s1. The molecule has 6 N–H and O–H groups in total. The van der Waals surface area contributed by atoms with E-state index in [0.29, 0.717) is 5.75 Å². The number of carbonyl (C=O) groups excluding carboxylic acids is 2. The number of amides is 1. The molecule has 1 heterocycles. The third kappa shape index (κ3) is 11.1. The molecule has 0 aromatic heterocycles. The second-order valence-electron chi connectivity index (χ2n) is 7.62. The monoisotopic (exact) mass is 496 g/mol. The molecule has 0 aromatic rings. The minimum absolute atomic E-state index is 0.0438. The molecule has 1 amide bonds. The Hall–Kier alpha value is -1.32. The molecule has 192 valence electrons. The Labute approximate surface area is 197 Å². The van der Waals surface area contributed by atoms with Gasteiger partial charge < -0.3 is 45.3 Å². The number of ketones is 1. The summed E-state index contributed by atoms with van der Waals surface area (Å²) in [5.74, 6) is -2.05. The average Bonchev–Trinajstić information content (AvgIpc) is 2.78. The molecule has 3 unspecified atom stereocenters. The molecule has 1 aliphatic rings. The van der Waals surface area contributed by atoms with Crippen molar-refractivity contribution in [1.82, 2.24) is 10.6 Å². The first-order valence-electron chi connectivity index (χ1n) is 10.7. The maximum atomic E-state index is 12.3. The second kappa shape index (κ2) is 16.3. The van der Waals surface area contributed by atoms with Crippen LogP contribution in [0.4, 0.5) is 0 Å². The van der Waals surface area contributed by atoms with Crippen LogP contribution in [0.15, 0.2) is 0 Å². The fraction of sp³-hybridized carbons (Fsp3) is 0.850. The highest BCUT2D eigenvalue weighted by molar-refractivity contribution is 7.98. The van der Waals surface area contributed by atoms with E-state index in [4.69, 9.17) is 19.3 Å². The zero-order valence-corrected chi connectivity index (χ0v) is 19.8. The number of thioether (sulfide) groups is 1. The summed E-state index contributed by atoms with van der Waals surface area (Å²) in [7, 11) is 1.57. The molecule has 1 fully saturated rings. The molecule has 0 radical (unpaired) electrons. The number of carboxylic acid groups (broad SMARTS) is 1. The zero-order valence-electron chi connectivity index (χ0n) is 19.0. The highest BCUT2D eigenvalue weighted by atomic mass is 32.2. The number of ether oxygens (including phenoxy) is 3. The Morgan fingerprint density at radius 3 is 2.55 bits per heavy atom. The predicted octanol–water partition coefficient (Wildman–Crippen LogP) is -2.03. The van der Waals surface area contributed by atoms with Crippen LogP contribution >= 0.6 is 11.8 Å². The van der Waals surface area contributed by atoms with Crippen LogP contribution in [0.2, 0.25) is 0 Å². The predicted molar refractivity (Wildman–Crippen MR) is 119 cm³/mol. The number of Topliss-reactive ketones (excluding diaryl/α,β-unsaturated/α-hetero) is 1. The molecule has 0 aromatic carbocycles. The van der Waals surface area contributed by atoms with Crippen LogP contribution in [-0.2, 0) is 28.6 Å². The maximum absolute atomic E-state index is 12.3. The summed E-state index contributed by atoms with van der Waals surface area (Å²) in [5, 5.41) is 43.1. The first-order valence-corrected chi connectivity index (χ1v) is 12.1. The van der Waals surface area contributed by atoms with Crippen molar-refractivity contribution in [3.05, 3.63) is 0 Å². The van der Waals surface area contributed by atoms with Crippen molar-refractivity contribution in [2.24, 2.45) is 5.92 Å². The zero-order chi connectivity index (χ0) is 24.8. The van der Waals surface area contributed by atoms with E-state index in [-0.39, 0.29) is 57.3 Å². The maximum Gasteiger partial charge on any atom is 0.307 e. The summed E-state index contributed by atoms with van der Waals surface area (Å²) in [6.07, 6.45) is -2.13. The third-order valence-electron chi connectivity index (χ3n) is 5.13. The van der Waals surface area contributed by atoms with Gasteiger partial charge in [0.1, 0.15) is 12.2 Å². The lowest BCUT2D eigenvalue weighted by atomic mass is 10.00. The van der Waals surface area contributed by atoms with Crippen molar-refractivity contribution in [3.8, 4) is 0 Å². The lowest BCUT2D eigenvalue weighted by Crippen LogP contribution is -2.50. The van der Waals surface area contributed by atoms with E-state index in [1.54, 1.807) is 13.3 Å². The van der Waals surface area contributed by atoms with Crippen LogP contribution in [0, 0.1) is 5.92 Å². The van der Waals surface area contributed by atoms with Crippen molar-refractivity contribution in [1.29, 1.82) is 0 Å². The number of aliphatic hydroxyl groups is 3. The van der Waals surface area contributed by atoms with Gasteiger partial charge in [0.25, 0.3) is 0 Å². The Morgan fingerprint density at radius 1 is 1.21 bits per heavy atom. The molecule has 0 aliphatic carbocycles. The van der Waals surface area contributed by atoms with Crippen LogP contribution in [-0.4, -0.2) is 121 Å². The summed E-state index contributed by atoms with van der Waals surface area (Å²) in [6, 6.07) is -0.681. The van der Waals surface area contributed by atoms with Crippen LogP contribution in [0.5, 0.6) is 0 Å². The number of rotatable bonds is 17. The van der Waals surface area contributed by atoms with E-state index in [1.807, 2.05) is 0 Å². The largest absolute Gasteiger partial charge is 0.481 e. The SMILES string of the molecule is CN[C@@H](CNC(=O)CCOCCOC1C[C@@H](O)C(O)C(CO)O1)C(=O)C[C@H](CSC)C(=O)O. The molecule has 0 spiro atoms. The topological polar surface area (TPSA) is 184 Å². The summed E-state index contributed by atoms with van der Waals surface area (Å²) in [5.41, 5.74) is 0. The summed E-state index contributed by atoms with van der Waals surface area (Å²) < 4.78 is 16.1. The van der Waals surface area contributed by atoms with E-state index >= 15 is 0 Å². The molecule has 6 atom stereocenters. The van der Waals surface area contributed by atoms with E-state index in [0.717, 1.165) is 0 Å². The first-order chi connectivity index (χ1) is 15.7. The van der Waals surface area contributed by atoms with E-state index < -0.39 is 49.1 Å². The van der Waals surface area contributed by atoms with Crippen LogP contribution < -0.4 is 10.6 Å². The number of aliphatic carboxylic acids is 1. The van der Waals surface area contributed by atoms with Crippen molar-refractivity contribution in [2.75, 3.05) is 52.0 Å². The molecule has 13 heteroatoms. The molecule has 1 rings (SSSR count). The number of hydrogen-bond donors (Lipinski definition) is 6. The highest BCUT2D eigenvalue weighted by Gasteiger charge is 2.36. The summed E-state index contributed by atoms with van der Waals surface area (Å²) in [4.78, 5) is 35.5. The van der Waals surface area contributed by atoms with Crippen molar-refractivity contribution in [2.45, 2.75) is 49.9 Å². The van der Waals surface area contributed by atoms with Crippen molar-refractivity contribution in [3.63, 3.8) is 0 Å². The number of nitrogens with one attached hydrogen (secondary N) is 2. The first kappa shape index (κ1) is 29.7. The minimum Gasteiger partial charge on any atom is -0.481 e. The summed E-state index contributed by atoms with van der Waals surface area (Å²) >= 11 is 1.36. The Bertz CT molecular complexity index is 611. The van der Waals surface area contributed by atoms with Gasteiger partial charge in [-0.05, 0) is 13.3 Å². The quantitative estimate of drug-likeness (QED) is 0.122. The number of likely N-dealkylation sites (N-methyl/N-ethyl adjacent to an activating group) is 1. The fourth-order valence-corrected chi connectivity index (χ4v) is 3.83. The lowest BCUT2D eigenvalue weighted by molar-refractivity contribution is -0.258.